The zero-order valence-corrected chi connectivity index (χ0v) is 40.8. The molecule has 2 fully saturated rings. The summed E-state index contributed by atoms with van der Waals surface area (Å²) in [5.41, 5.74) is 4.66. The van der Waals surface area contributed by atoms with Crippen LogP contribution in [-0.2, 0) is 11.3 Å². The Balaban J connectivity index is 0.781. The van der Waals surface area contributed by atoms with Gasteiger partial charge >= 0.3 is 6.09 Å². The van der Waals surface area contributed by atoms with E-state index in [2.05, 4.69) is 50.8 Å². The van der Waals surface area contributed by atoms with Gasteiger partial charge in [0.15, 0.2) is 16.6 Å². The van der Waals surface area contributed by atoms with Gasteiger partial charge in [-0.15, -0.1) is 0 Å². The summed E-state index contributed by atoms with van der Waals surface area (Å²) >= 11 is 7.52. The van der Waals surface area contributed by atoms with Crippen molar-refractivity contribution in [2.75, 3.05) is 87.6 Å². The fourth-order valence-electron chi connectivity index (χ4n) is 8.35. The minimum Gasteiger partial charge on any atom is -0.508 e. The summed E-state index contributed by atoms with van der Waals surface area (Å²) in [6, 6.07) is 18.1. The van der Waals surface area contributed by atoms with E-state index < -0.39 is 5.91 Å². The number of rotatable bonds is 15. The molecule has 0 saturated carbocycles. The second kappa shape index (κ2) is 21.7. The Labute approximate surface area is 409 Å². The van der Waals surface area contributed by atoms with Gasteiger partial charge in [0.05, 0.1) is 28.0 Å². The van der Waals surface area contributed by atoms with Gasteiger partial charge in [-0.25, -0.2) is 19.7 Å². The van der Waals surface area contributed by atoms with Crippen LogP contribution in [0.1, 0.15) is 69.4 Å². The van der Waals surface area contributed by atoms with Crippen LogP contribution in [0.5, 0.6) is 11.5 Å². The summed E-state index contributed by atoms with van der Waals surface area (Å²) in [7, 11) is 0. The molecule has 5 N–H and O–H groups in total. The quantitative estimate of drug-likeness (QED) is 0.0662. The van der Waals surface area contributed by atoms with Crippen LogP contribution in [0.3, 0.4) is 0 Å². The van der Waals surface area contributed by atoms with E-state index in [1.54, 1.807) is 17.0 Å². The first kappa shape index (κ1) is 48.6. The number of hydrogen-bond donors (Lipinski definition) is 5. The molecule has 69 heavy (non-hydrogen) atoms. The molecule has 0 unspecified atom stereocenters. The molecule has 0 bridgehead atoms. The lowest BCUT2D eigenvalue weighted by Gasteiger charge is -2.36. The van der Waals surface area contributed by atoms with Crippen molar-refractivity contribution < 1.29 is 33.9 Å². The summed E-state index contributed by atoms with van der Waals surface area (Å²) in [6.07, 6.45) is 1.21. The van der Waals surface area contributed by atoms with Crippen LogP contribution in [0, 0.1) is 13.8 Å². The number of aromatic hydroxyl groups is 2. The lowest BCUT2D eigenvalue weighted by atomic mass is 9.94. The van der Waals surface area contributed by atoms with Crippen molar-refractivity contribution in [1.29, 1.82) is 0 Å². The Morgan fingerprint density at radius 1 is 0.899 bits per heavy atom. The second-order valence-electron chi connectivity index (χ2n) is 17.3. The van der Waals surface area contributed by atoms with Crippen molar-refractivity contribution >= 4 is 63.3 Å². The van der Waals surface area contributed by atoms with Gasteiger partial charge < -0.3 is 45.2 Å². The number of halogens is 1. The number of phenolic OH excluding ortho intramolecular Hbond substituents is 2. The molecule has 3 aromatic carbocycles. The highest BCUT2D eigenvalue weighted by atomic mass is 35.5. The summed E-state index contributed by atoms with van der Waals surface area (Å²) in [6.45, 7) is 16.8. The standard InChI is InChI=1S/C49H56ClN11O7S/c1-6-51-47(65)44-42(45(68-57-44)35-24-34(29(2)3)37(62)25-38(35)63)33-12-10-32(11-13-33)28-59-16-20-61(21-17-59)49(66)67-23-22-58-14-18-60(19-15-58)41-26-40(53-31(5)54-41)55-48-52-27-39(69-48)46(64)56-43-30(4)8-7-9-36(43)50/h7-13,24-27,29,62-63H,6,14-23,28H2,1-5H3,(H,51,65)(H,56,64)(H,52,53,54,55). The molecule has 18 nitrogen and oxygen atoms in total. The molecule has 0 aliphatic carbocycles. The Morgan fingerprint density at radius 2 is 1.64 bits per heavy atom. The first-order valence-electron chi connectivity index (χ1n) is 22.9. The van der Waals surface area contributed by atoms with E-state index in [9.17, 15) is 24.6 Å². The zero-order chi connectivity index (χ0) is 48.8. The van der Waals surface area contributed by atoms with Gasteiger partial charge in [0.2, 0.25) is 0 Å². The fraction of sp³-hybridized carbons (Fsp3) is 0.367. The van der Waals surface area contributed by atoms with Crippen LogP contribution >= 0.6 is 22.9 Å². The van der Waals surface area contributed by atoms with Gasteiger partial charge in [0.25, 0.3) is 11.8 Å². The highest BCUT2D eigenvalue weighted by Gasteiger charge is 2.28. The van der Waals surface area contributed by atoms with Crippen LogP contribution in [0.2, 0.25) is 5.02 Å². The van der Waals surface area contributed by atoms with E-state index in [0.29, 0.717) is 107 Å². The Hall–Kier alpha value is -6.80. The number of aromatic nitrogens is 4. The molecule has 3 aromatic heterocycles. The summed E-state index contributed by atoms with van der Waals surface area (Å²) < 4.78 is 11.5. The molecule has 6 aromatic rings. The van der Waals surface area contributed by atoms with Crippen molar-refractivity contribution in [2.24, 2.45) is 0 Å². The summed E-state index contributed by atoms with van der Waals surface area (Å²) in [4.78, 5) is 61.7. The van der Waals surface area contributed by atoms with E-state index in [1.165, 1.54) is 23.6 Å². The number of thiazole rings is 1. The van der Waals surface area contributed by atoms with Crippen LogP contribution in [-0.4, -0.2) is 135 Å². The SMILES string of the molecule is CCNC(=O)c1noc(-c2cc(C(C)C)c(O)cc2O)c1-c1ccc(CN2CCN(C(=O)OCCN3CCN(c4cc(Nc5ncc(C(=O)Nc6c(C)cccc6Cl)s5)nc(C)n4)CC3)CC2)cc1. The predicted molar refractivity (Wildman–Crippen MR) is 266 cm³/mol. The normalized spacial score (nSPS) is 14.5. The number of piperazine rings is 2. The first-order chi connectivity index (χ1) is 33.2. The molecule has 5 heterocycles. The van der Waals surface area contributed by atoms with Crippen LogP contribution in [0.25, 0.3) is 22.5 Å². The number of anilines is 4. The molecule has 2 saturated heterocycles. The first-order valence-corrected chi connectivity index (χ1v) is 24.1. The maximum atomic E-state index is 13.1. The molecule has 0 radical (unpaired) electrons. The smallest absolute Gasteiger partial charge is 0.409 e. The number of hydrogen-bond acceptors (Lipinski definition) is 16. The van der Waals surface area contributed by atoms with Crippen molar-refractivity contribution in [1.82, 2.24) is 40.1 Å². The van der Waals surface area contributed by atoms with Crippen LogP contribution < -0.4 is 20.9 Å². The molecule has 0 spiro atoms. The maximum absolute atomic E-state index is 13.1. The number of para-hydroxylation sites is 1. The highest BCUT2D eigenvalue weighted by molar-refractivity contribution is 7.17. The van der Waals surface area contributed by atoms with Gasteiger partial charge in [-0.2, -0.15) is 0 Å². The number of nitrogens with zero attached hydrogens (tertiary/aromatic N) is 8. The number of carbonyl (C=O) groups excluding carboxylic acids is 3. The lowest BCUT2D eigenvalue weighted by molar-refractivity contribution is 0.0667. The number of amides is 3. The number of aryl methyl sites for hydroxylation is 2. The average molecular weight is 979 g/mol. The molecular formula is C49H56ClN11O7S. The van der Waals surface area contributed by atoms with Gasteiger partial charge in [-0.05, 0) is 61.1 Å². The largest absolute Gasteiger partial charge is 0.508 e. The number of nitrogens with one attached hydrogen (secondary N) is 3. The van der Waals surface area contributed by atoms with Crippen molar-refractivity contribution in [3.63, 3.8) is 0 Å². The molecule has 8 rings (SSSR count). The van der Waals surface area contributed by atoms with E-state index in [4.69, 9.17) is 20.9 Å². The van der Waals surface area contributed by atoms with E-state index in [0.717, 1.165) is 43.1 Å². The summed E-state index contributed by atoms with van der Waals surface area (Å²) in [5.74, 6) is 1.25. The van der Waals surface area contributed by atoms with Crippen molar-refractivity contribution in [3.8, 4) is 33.9 Å². The number of ether oxygens (including phenoxy) is 1. The number of phenols is 2. The second-order valence-corrected chi connectivity index (χ2v) is 18.7. The van der Waals surface area contributed by atoms with E-state index in [1.807, 2.05) is 77.1 Å². The molecular weight excluding hydrogens is 922 g/mol. The molecule has 362 valence electrons. The highest BCUT2D eigenvalue weighted by Crippen LogP contribution is 2.43. The Kier molecular flexibility index (Phi) is 15.3. The van der Waals surface area contributed by atoms with Gasteiger partial charge in [0, 0.05) is 84.1 Å². The monoisotopic (exact) mass is 977 g/mol. The number of carbonyl (C=O) groups is 3. The van der Waals surface area contributed by atoms with Gasteiger partial charge in [-0.1, -0.05) is 78.3 Å². The summed E-state index contributed by atoms with van der Waals surface area (Å²) in [5, 5.41) is 35.3. The van der Waals surface area contributed by atoms with E-state index in [-0.39, 0.29) is 40.9 Å². The average Bonchev–Trinajstić information content (AvgIpc) is 3.99. The number of benzene rings is 3. The zero-order valence-electron chi connectivity index (χ0n) is 39.2. The van der Waals surface area contributed by atoms with E-state index >= 15 is 0 Å². The maximum Gasteiger partial charge on any atom is 0.409 e. The Morgan fingerprint density at radius 3 is 2.35 bits per heavy atom. The topological polar surface area (TPSA) is 215 Å². The van der Waals surface area contributed by atoms with Crippen molar-refractivity contribution in [3.05, 3.63) is 105 Å². The molecule has 0 atom stereocenters. The minimum absolute atomic E-state index is 0.0264. The van der Waals surface area contributed by atoms with Crippen LogP contribution in [0.4, 0.5) is 27.2 Å². The fourth-order valence-corrected chi connectivity index (χ4v) is 9.33. The Bertz CT molecular complexity index is 2780. The minimum atomic E-state index is -0.401. The van der Waals surface area contributed by atoms with Crippen LogP contribution in [0.15, 0.2) is 71.4 Å². The van der Waals surface area contributed by atoms with Gasteiger partial charge in [0.1, 0.15) is 40.4 Å². The van der Waals surface area contributed by atoms with Crippen molar-refractivity contribution in [2.45, 2.75) is 47.1 Å². The predicted octanol–water partition coefficient (Wildman–Crippen LogP) is 7.88. The third-order valence-electron chi connectivity index (χ3n) is 12.1. The lowest BCUT2D eigenvalue weighted by Crippen LogP contribution is -2.49. The molecule has 2 aliphatic rings. The third-order valence-corrected chi connectivity index (χ3v) is 13.3. The molecule has 20 heteroatoms. The molecule has 3 amide bonds. The molecule has 2 aliphatic heterocycles. The van der Waals surface area contributed by atoms with Gasteiger partial charge in [-0.3, -0.25) is 19.4 Å². The third kappa shape index (κ3) is 11.6.